The van der Waals surface area contributed by atoms with Gasteiger partial charge in [0, 0.05) is 18.8 Å². The molecule has 0 fully saturated rings. The molecule has 0 bridgehead atoms. The molecular weight excluding hydrogens is 394 g/mol. The van der Waals surface area contributed by atoms with Crippen LogP contribution in [0.25, 0.3) is 0 Å². The highest BCUT2D eigenvalue weighted by Crippen LogP contribution is 2.06. The number of aryl methyl sites for hydroxylation is 1. The largest absolute Gasteiger partial charge is 0.454 e. The molecule has 29 heavy (non-hydrogen) atoms. The minimum atomic E-state index is -0.897. The Morgan fingerprint density at radius 3 is 2.41 bits per heavy atom. The molecule has 2 aromatic rings. The van der Waals surface area contributed by atoms with Gasteiger partial charge in [0.2, 0.25) is 0 Å². The predicted molar refractivity (Wildman–Crippen MR) is 110 cm³/mol. The average Bonchev–Trinajstić information content (AvgIpc) is 3.15. The summed E-state index contributed by atoms with van der Waals surface area (Å²) < 4.78 is 6.58. The average molecular weight is 417 g/mol. The Balaban J connectivity index is 1.89. The van der Waals surface area contributed by atoms with E-state index in [1.165, 1.54) is 11.8 Å². The Morgan fingerprint density at radius 2 is 1.79 bits per heavy atom. The summed E-state index contributed by atoms with van der Waals surface area (Å²) in [5.74, 6) is -1.85. The molecule has 0 aliphatic heterocycles. The van der Waals surface area contributed by atoms with Crippen molar-refractivity contribution in [1.82, 2.24) is 15.2 Å². The molecule has 0 aliphatic carbocycles. The van der Waals surface area contributed by atoms with Gasteiger partial charge in [-0.1, -0.05) is 18.2 Å². The van der Waals surface area contributed by atoms with E-state index in [1.54, 1.807) is 60.3 Å². The second-order valence-corrected chi connectivity index (χ2v) is 7.15. The third kappa shape index (κ3) is 6.79. The SMILES string of the molecule is CSCCC(NC(=O)c1ccccc1)C(=O)OCC(=O)NC(=O)c1cccn1C. The van der Waals surface area contributed by atoms with Gasteiger partial charge in [-0.05, 0) is 42.7 Å². The minimum Gasteiger partial charge on any atom is -0.454 e. The Labute approximate surface area is 173 Å². The Kier molecular flexibility index (Phi) is 8.47. The molecular formula is C20H23N3O5S. The zero-order valence-electron chi connectivity index (χ0n) is 16.2. The maximum atomic E-state index is 12.4. The topological polar surface area (TPSA) is 106 Å². The third-order valence-electron chi connectivity index (χ3n) is 4.01. The summed E-state index contributed by atoms with van der Waals surface area (Å²) in [7, 11) is 1.67. The van der Waals surface area contributed by atoms with Crippen molar-refractivity contribution in [3.05, 3.63) is 59.9 Å². The number of aromatic nitrogens is 1. The summed E-state index contributed by atoms with van der Waals surface area (Å²) in [5, 5.41) is 4.79. The lowest BCUT2D eigenvalue weighted by molar-refractivity contribution is -0.150. The molecule has 8 nitrogen and oxygen atoms in total. The lowest BCUT2D eigenvalue weighted by atomic mass is 10.1. The summed E-state index contributed by atoms with van der Waals surface area (Å²) in [6.45, 7) is -0.619. The fourth-order valence-corrected chi connectivity index (χ4v) is 2.95. The summed E-state index contributed by atoms with van der Waals surface area (Å²) >= 11 is 1.52. The van der Waals surface area contributed by atoms with Crippen LogP contribution in [0.4, 0.5) is 0 Å². The van der Waals surface area contributed by atoms with Gasteiger partial charge in [-0.15, -0.1) is 0 Å². The van der Waals surface area contributed by atoms with Crippen molar-refractivity contribution >= 4 is 35.5 Å². The van der Waals surface area contributed by atoms with Crippen LogP contribution in [0.3, 0.4) is 0 Å². The maximum absolute atomic E-state index is 12.4. The summed E-state index contributed by atoms with van der Waals surface area (Å²) in [6, 6.07) is 10.8. The van der Waals surface area contributed by atoms with Crippen LogP contribution in [0.15, 0.2) is 48.7 Å². The highest BCUT2D eigenvalue weighted by molar-refractivity contribution is 7.98. The number of ether oxygens (including phenoxy) is 1. The quantitative estimate of drug-likeness (QED) is 0.597. The standard InChI is InChI=1S/C20H23N3O5S/c1-23-11-6-9-16(23)19(26)22-17(24)13-28-20(27)15(10-12-29-2)21-18(25)14-7-4-3-5-8-14/h3-9,11,15H,10,12-13H2,1-2H3,(H,21,25)(H,22,24,26). The predicted octanol–water partition coefficient (Wildman–Crippen LogP) is 1.38. The number of benzene rings is 1. The van der Waals surface area contributed by atoms with E-state index in [1.807, 2.05) is 6.26 Å². The first-order valence-electron chi connectivity index (χ1n) is 8.89. The van der Waals surface area contributed by atoms with E-state index < -0.39 is 36.3 Å². The molecule has 1 atom stereocenters. The lowest BCUT2D eigenvalue weighted by Crippen LogP contribution is -2.43. The highest BCUT2D eigenvalue weighted by Gasteiger charge is 2.24. The number of amides is 3. The number of hydrogen-bond donors (Lipinski definition) is 2. The van der Waals surface area contributed by atoms with Crippen molar-refractivity contribution in [2.75, 3.05) is 18.6 Å². The van der Waals surface area contributed by atoms with E-state index >= 15 is 0 Å². The van der Waals surface area contributed by atoms with E-state index in [0.29, 0.717) is 23.4 Å². The van der Waals surface area contributed by atoms with E-state index in [9.17, 15) is 19.2 Å². The number of thioether (sulfide) groups is 1. The van der Waals surface area contributed by atoms with Crippen molar-refractivity contribution in [2.45, 2.75) is 12.5 Å². The summed E-state index contributed by atoms with van der Waals surface area (Å²) in [6.07, 6.45) is 3.90. The minimum absolute atomic E-state index is 0.303. The third-order valence-corrected chi connectivity index (χ3v) is 4.66. The van der Waals surface area contributed by atoms with Gasteiger partial charge in [0.25, 0.3) is 17.7 Å². The zero-order chi connectivity index (χ0) is 21.2. The molecule has 1 aromatic heterocycles. The summed E-state index contributed by atoms with van der Waals surface area (Å²) in [5.41, 5.74) is 0.720. The molecule has 0 radical (unpaired) electrons. The van der Waals surface area contributed by atoms with Crippen molar-refractivity contribution in [2.24, 2.45) is 7.05 Å². The first-order chi connectivity index (χ1) is 13.9. The molecule has 0 saturated carbocycles. The van der Waals surface area contributed by atoms with E-state index in [0.717, 1.165) is 0 Å². The van der Waals surface area contributed by atoms with Crippen LogP contribution in [0, 0.1) is 0 Å². The van der Waals surface area contributed by atoms with Crippen molar-refractivity contribution in [3.63, 3.8) is 0 Å². The number of imide groups is 1. The van der Waals surface area contributed by atoms with Gasteiger partial charge >= 0.3 is 5.97 Å². The van der Waals surface area contributed by atoms with Crippen molar-refractivity contribution in [1.29, 1.82) is 0 Å². The van der Waals surface area contributed by atoms with E-state index in [-0.39, 0.29) is 0 Å². The van der Waals surface area contributed by atoms with Gasteiger partial charge < -0.3 is 14.6 Å². The van der Waals surface area contributed by atoms with E-state index in [4.69, 9.17) is 4.74 Å². The molecule has 154 valence electrons. The monoisotopic (exact) mass is 417 g/mol. The van der Waals surface area contributed by atoms with Crippen LogP contribution in [-0.4, -0.2) is 52.9 Å². The van der Waals surface area contributed by atoms with Crippen molar-refractivity contribution < 1.29 is 23.9 Å². The number of nitrogens with zero attached hydrogens (tertiary/aromatic N) is 1. The number of nitrogens with one attached hydrogen (secondary N) is 2. The fraction of sp³-hybridized carbons (Fsp3) is 0.300. The molecule has 0 aliphatic rings. The molecule has 1 heterocycles. The van der Waals surface area contributed by atoms with Crippen LogP contribution in [-0.2, 0) is 21.4 Å². The van der Waals surface area contributed by atoms with Gasteiger partial charge in [-0.2, -0.15) is 11.8 Å². The van der Waals surface area contributed by atoms with Gasteiger partial charge in [0.1, 0.15) is 11.7 Å². The molecule has 1 aromatic carbocycles. The van der Waals surface area contributed by atoms with Gasteiger partial charge in [-0.25, -0.2) is 4.79 Å². The van der Waals surface area contributed by atoms with Crippen molar-refractivity contribution in [3.8, 4) is 0 Å². The maximum Gasteiger partial charge on any atom is 0.329 e. The first-order valence-corrected chi connectivity index (χ1v) is 10.3. The van der Waals surface area contributed by atoms with Crippen LogP contribution in [0.2, 0.25) is 0 Å². The molecule has 3 amide bonds. The smallest absolute Gasteiger partial charge is 0.329 e. The summed E-state index contributed by atoms with van der Waals surface area (Å²) in [4.78, 5) is 48.6. The molecule has 0 spiro atoms. The van der Waals surface area contributed by atoms with Gasteiger partial charge in [0.05, 0.1) is 0 Å². The second kappa shape index (κ2) is 11.1. The number of rotatable bonds is 9. The van der Waals surface area contributed by atoms with Gasteiger partial charge in [0.15, 0.2) is 6.61 Å². The van der Waals surface area contributed by atoms with Gasteiger partial charge in [-0.3, -0.25) is 19.7 Å². The molecule has 2 rings (SSSR count). The number of hydrogen-bond acceptors (Lipinski definition) is 6. The normalized spacial score (nSPS) is 11.4. The first kappa shape index (κ1) is 22.2. The van der Waals surface area contributed by atoms with E-state index in [2.05, 4.69) is 10.6 Å². The molecule has 9 heteroatoms. The zero-order valence-corrected chi connectivity index (χ0v) is 17.0. The van der Waals surface area contributed by atoms with Crippen LogP contribution in [0.5, 0.6) is 0 Å². The van der Waals surface area contributed by atoms with Crippen LogP contribution in [0.1, 0.15) is 27.3 Å². The Hall–Kier alpha value is -3.07. The number of carbonyl (C=O) groups excluding carboxylic acids is 4. The number of carbonyl (C=O) groups is 4. The highest BCUT2D eigenvalue weighted by atomic mass is 32.2. The number of esters is 1. The second-order valence-electron chi connectivity index (χ2n) is 6.16. The molecule has 2 N–H and O–H groups in total. The Bertz CT molecular complexity index is 866. The fourth-order valence-electron chi connectivity index (χ4n) is 2.48. The molecule has 1 unspecified atom stereocenters. The Morgan fingerprint density at radius 1 is 1.07 bits per heavy atom. The van der Waals surface area contributed by atoms with Crippen LogP contribution >= 0.6 is 11.8 Å². The molecule has 0 saturated heterocycles. The van der Waals surface area contributed by atoms with Crippen LogP contribution < -0.4 is 10.6 Å². The lowest BCUT2D eigenvalue weighted by Gasteiger charge is -2.17.